The lowest BCUT2D eigenvalue weighted by Crippen LogP contribution is -2.35. The third-order valence-corrected chi connectivity index (χ3v) is 8.52. The number of fused-ring (bicyclic) bond motifs is 1. The van der Waals surface area contributed by atoms with Gasteiger partial charge in [0.2, 0.25) is 0 Å². The van der Waals surface area contributed by atoms with Crippen LogP contribution in [0.5, 0.6) is 11.5 Å². The van der Waals surface area contributed by atoms with E-state index in [1.807, 2.05) is 24.4 Å². The lowest BCUT2D eigenvalue weighted by Gasteiger charge is -2.26. The van der Waals surface area contributed by atoms with E-state index in [0.717, 1.165) is 55.2 Å². The van der Waals surface area contributed by atoms with Gasteiger partial charge in [-0.25, -0.2) is 0 Å². The molecule has 0 saturated heterocycles. The predicted molar refractivity (Wildman–Crippen MR) is 158 cm³/mol. The molecule has 0 aromatic heterocycles. The van der Waals surface area contributed by atoms with Crippen molar-refractivity contribution >= 4 is 0 Å². The van der Waals surface area contributed by atoms with Crippen LogP contribution in [0.3, 0.4) is 0 Å². The minimum absolute atomic E-state index is 0.0975. The smallest absolute Gasteiger partial charge is 0.161 e. The first-order valence-corrected chi connectivity index (χ1v) is 15.2. The summed E-state index contributed by atoms with van der Waals surface area (Å²) >= 11 is 0. The molecule has 0 bridgehead atoms. The second-order valence-electron chi connectivity index (χ2n) is 11.7. The first kappa shape index (κ1) is 30.5. The molecule has 3 aliphatic rings. The van der Waals surface area contributed by atoms with Gasteiger partial charge >= 0.3 is 0 Å². The van der Waals surface area contributed by atoms with E-state index in [2.05, 4.69) is 24.1 Å². The SMILES string of the molecule is C[C@H]1C#CC2=CC(N)NC=C2CO[C@H](C[C@H](O)CCc2ccc(O)c(OC3CCCCC3)c2)CC[C@@H]1CCCO. The van der Waals surface area contributed by atoms with Crippen molar-refractivity contribution in [3.8, 4) is 23.3 Å². The number of aryl methyl sites for hydroxylation is 1. The lowest BCUT2D eigenvalue weighted by molar-refractivity contribution is 0.0138. The molecule has 4 rings (SSSR count). The van der Waals surface area contributed by atoms with Crippen LogP contribution in [0.15, 0.2) is 41.6 Å². The molecule has 2 heterocycles. The van der Waals surface area contributed by atoms with Crippen LogP contribution in [0.2, 0.25) is 0 Å². The first-order valence-electron chi connectivity index (χ1n) is 15.2. The van der Waals surface area contributed by atoms with Crippen LogP contribution in [-0.2, 0) is 11.2 Å². The molecule has 5 atom stereocenters. The topological polar surface area (TPSA) is 117 Å². The second-order valence-corrected chi connectivity index (χ2v) is 11.7. The van der Waals surface area contributed by atoms with Crippen LogP contribution in [0.4, 0.5) is 0 Å². The zero-order valence-corrected chi connectivity index (χ0v) is 24.0. The third kappa shape index (κ3) is 9.27. The van der Waals surface area contributed by atoms with Gasteiger partial charge in [-0.05, 0) is 100 Å². The van der Waals surface area contributed by atoms with E-state index in [0.29, 0.717) is 37.5 Å². The summed E-state index contributed by atoms with van der Waals surface area (Å²) in [4.78, 5) is 0. The van der Waals surface area contributed by atoms with Crippen molar-refractivity contribution in [2.45, 2.75) is 108 Å². The quantitative estimate of drug-likeness (QED) is 0.267. The summed E-state index contributed by atoms with van der Waals surface area (Å²) in [5, 5.41) is 33.9. The van der Waals surface area contributed by atoms with Gasteiger partial charge in [0, 0.05) is 29.9 Å². The van der Waals surface area contributed by atoms with Crippen molar-refractivity contribution in [1.29, 1.82) is 0 Å². The predicted octanol–water partition coefficient (Wildman–Crippen LogP) is 4.69. The van der Waals surface area contributed by atoms with E-state index in [9.17, 15) is 15.3 Å². The Morgan fingerprint density at radius 1 is 1.18 bits per heavy atom. The van der Waals surface area contributed by atoms with Crippen molar-refractivity contribution in [3.05, 3.63) is 47.2 Å². The fourth-order valence-corrected chi connectivity index (χ4v) is 5.96. The van der Waals surface area contributed by atoms with Gasteiger partial charge in [-0.1, -0.05) is 31.3 Å². The van der Waals surface area contributed by atoms with Gasteiger partial charge in [-0.15, -0.1) is 0 Å². The highest BCUT2D eigenvalue weighted by Crippen LogP contribution is 2.32. The molecule has 2 aliphatic heterocycles. The van der Waals surface area contributed by atoms with Crippen LogP contribution >= 0.6 is 0 Å². The molecule has 1 fully saturated rings. The highest BCUT2D eigenvalue weighted by molar-refractivity contribution is 5.48. The molecule has 0 amide bonds. The molecule has 220 valence electrons. The normalized spacial score (nSPS) is 26.6. The Labute approximate surface area is 239 Å². The second kappa shape index (κ2) is 15.5. The van der Waals surface area contributed by atoms with E-state index in [1.54, 1.807) is 6.07 Å². The Morgan fingerprint density at radius 2 is 2.00 bits per heavy atom. The molecular weight excluding hydrogens is 504 g/mol. The largest absolute Gasteiger partial charge is 0.504 e. The monoisotopic (exact) mass is 552 g/mol. The highest BCUT2D eigenvalue weighted by Gasteiger charge is 2.24. The average Bonchev–Trinajstić information content (AvgIpc) is 2.98. The standard InChI is InChI=1S/C33H48N2O5/c1-23-9-12-26-19-33(34)35-21-27(26)22-39-30(15-13-25(23)6-5-17-36)20-28(37)14-10-24-11-16-31(38)32(18-24)40-29-7-3-2-4-8-29/h11,16,18-19,21,23,25,28-30,33,35-38H,2-8,10,13-15,17,20,22,34H2,1H3/t23-,25-,28+,30-,33?/m0/s1. The Kier molecular flexibility index (Phi) is 11.8. The molecule has 1 saturated carbocycles. The van der Waals surface area contributed by atoms with Crippen LogP contribution in [0.25, 0.3) is 0 Å². The zero-order valence-electron chi connectivity index (χ0n) is 24.0. The maximum atomic E-state index is 11.0. The highest BCUT2D eigenvalue weighted by atomic mass is 16.5. The average molecular weight is 553 g/mol. The molecule has 6 N–H and O–H groups in total. The summed E-state index contributed by atoms with van der Waals surface area (Å²) in [6.45, 7) is 2.75. The van der Waals surface area contributed by atoms with Crippen molar-refractivity contribution in [3.63, 3.8) is 0 Å². The van der Waals surface area contributed by atoms with Gasteiger partial charge in [0.05, 0.1) is 31.1 Å². The molecular formula is C33H48N2O5. The molecule has 0 spiro atoms. The van der Waals surface area contributed by atoms with Gasteiger partial charge in [0.25, 0.3) is 0 Å². The molecule has 0 radical (unpaired) electrons. The fraction of sp³-hybridized carbons (Fsp3) is 0.636. The molecule has 1 aromatic carbocycles. The summed E-state index contributed by atoms with van der Waals surface area (Å²) in [6.07, 6.45) is 14.1. The number of aromatic hydroxyl groups is 1. The minimum Gasteiger partial charge on any atom is -0.504 e. The maximum Gasteiger partial charge on any atom is 0.161 e. The number of aliphatic hydroxyl groups is 2. The number of hydrogen-bond donors (Lipinski definition) is 5. The number of dihydropyridines is 1. The van der Waals surface area contributed by atoms with Gasteiger partial charge in [-0.3, -0.25) is 0 Å². The number of phenols is 1. The van der Waals surface area contributed by atoms with Crippen LogP contribution < -0.4 is 15.8 Å². The third-order valence-electron chi connectivity index (χ3n) is 8.52. The summed E-state index contributed by atoms with van der Waals surface area (Å²) < 4.78 is 12.5. The number of phenolic OH excluding ortho intramolecular Hbond substituents is 1. The molecule has 7 heteroatoms. The first-order chi connectivity index (χ1) is 19.4. The van der Waals surface area contributed by atoms with Crippen molar-refractivity contribution in [2.24, 2.45) is 17.6 Å². The van der Waals surface area contributed by atoms with Gasteiger partial charge in [0.1, 0.15) is 0 Å². The van der Waals surface area contributed by atoms with E-state index in [4.69, 9.17) is 15.2 Å². The van der Waals surface area contributed by atoms with Crippen LogP contribution in [-0.4, -0.2) is 53.0 Å². The van der Waals surface area contributed by atoms with Gasteiger partial charge in [0.15, 0.2) is 11.5 Å². The van der Waals surface area contributed by atoms with Crippen LogP contribution in [0, 0.1) is 23.7 Å². The Hall–Kier alpha value is -2.50. The zero-order chi connectivity index (χ0) is 28.3. The van der Waals surface area contributed by atoms with E-state index in [1.165, 1.54) is 19.3 Å². The maximum absolute atomic E-state index is 11.0. The van der Waals surface area contributed by atoms with Crippen LogP contribution in [0.1, 0.15) is 83.1 Å². The molecule has 1 aliphatic carbocycles. The Bertz CT molecular complexity index is 1070. The summed E-state index contributed by atoms with van der Waals surface area (Å²) in [7, 11) is 0. The number of nitrogens with one attached hydrogen (secondary N) is 1. The lowest BCUT2D eigenvalue weighted by atomic mass is 9.84. The summed E-state index contributed by atoms with van der Waals surface area (Å²) in [6, 6.07) is 5.54. The number of nitrogens with two attached hydrogens (primary N) is 1. The molecule has 1 aromatic rings. The Morgan fingerprint density at radius 3 is 2.80 bits per heavy atom. The van der Waals surface area contributed by atoms with E-state index >= 15 is 0 Å². The van der Waals surface area contributed by atoms with Gasteiger partial charge in [-0.2, -0.15) is 0 Å². The van der Waals surface area contributed by atoms with E-state index in [-0.39, 0.29) is 36.6 Å². The molecule has 7 nitrogen and oxygen atoms in total. The summed E-state index contributed by atoms with van der Waals surface area (Å²) in [5.74, 6) is 8.03. The van der Waals surface area contributed by atoms with Crippen molar-refractivity contribution < 1.29 is 24.8 Å². The van der Waals surface area contributed by atoms with Crippen molar-refractivity contribution in [2.75, 3.05) is 13.2 Å². The minimum atomic E-state index is -0.516. The fourth-order valence-electron chi connectivity index (χ4n) is 5.96. The number of aliphatic hydroxyl groups excluding tert-OH is 2. The number of hydrogen-bond acceptors (Lipinski definition) is 7. The summed E-state index contributed by atoms with van der Waals surface area (Å²) in [5.41, 5.74) is 9.00. The Balaban J connectivity index is 1.37. The van der Waals surface area contributed by atoms with Gasteiger partial charge < -0.3 is 35.8 Å². The molecule has 1 unspecified atom stereocenters. The number of benzene rings is 1. The van der Waals surface area contributed by atoms with E-state index < -0.39 is 6.10 Å². The number of rotatable bonds is 10. The number of ether oxygens (including phenoxy) is 2. The molecule has 40 heavy (non-hydrogen) atoms. The van der Waals surface area contributed by atoms with Crippen molar-refractivity contribution in [1.82, 2.24) is 5.32 Å².